The lowest BCUT2D eigenvalue weighted by molar-refractivity contribution is -0.129. The second kappa shape index (κ2) is 8.00. The van der Waals surface area contributed by atoms with Gasteiger partial charge in [0.05, 0.1) is 35.8 Å². The zero-order valence-electron chi connectivity index (χ0n) is 18.9. The van der Waals surface area contributed by atoms with Gasteiger partial charge < -0.3 is 24.6 Å². The molecule has 0 fully saturated rings. The minimum absolute atomic E-state index is 0.0917. The number of rotatable bonds is 5. The lowest BCUT2D eigenvalue weighted by atomic mass is 9.85. The Hall–Kier alpha value is -3.08. The number of sulfonamides is 1. The van der Waals surface area contributed by atoms with Crippen LogP contribution < -0.4 is 15.3 Å². The molecule has 11 nitrogen and oxygen atoms in total. The van der Waals surface area contributed by atoms with Crippen molar-refractivity contribution in [1.82, 2.24) is 4.90 Å². The fourth-order valence-electron chi connectivity index (χ4n) is 4.11. The number of fused-ring (bicyclic) bond motifs is 1. The van der Waals surface area contributed by atoms with Gasteiger partial charge in [-0.25, -0.2) is 8.42 Å². The highest BCUT2D eigenvalue weighted by Crippen LogP contribution is 2.48. The molecule has 0 bridgehead atoms. The Morgan fingerprint density at radius 3 is 2.59 bits per heavy atom. The van der Waals surface area contributed by atoms with Gasteiger partial charge >= 0.3 is 7.52 Å². The van der Waals surface area contributed by atoms with E-state index >= 15 is 0 Å². The molecule has 2 atom stereocenters. The molecule has 3 heterocycles. The Morgan fingerprint density at radius 1 is 1.29 bits per heavy atom. The third kappa shape index (κ3) is 4.48. The van der Waals surface area contributed by atoms with Crippen molar-refractivity contribution in [3.05, 3.63) is 53.7 Å². The SMILES string of the molecule is CC(C)(C)C1C(O)=C(C2=NP(=O)(O)c3cc(NS(C)(=O)=O)ccc3N2)C(=O)N1Cc1ccoc1. The summed E-state index contributed by atoms with van der Waals surface area (Å²) in [6.07, 6.45) is 3.94. The van der Waals surface area contributed by atoms with Gasteiger partial charge in [-0.3, -0.25) is 14.1 Å². The third-order valence-corrected chi connectivity index (χ3v) is 7.47. The van der Waals surface area contributed by atoms with Gasteiger partial charge in [-0.2, -0.15) is 4.76 Å². The number of aliphatic hydroxyl groups excluding tert-OH is 1. The number of carbonyl (C=O) groups is 1. The molecule has 1 aromatic heterocycles. The fraction of sp³-hybridized carbons (Fsp3) is 0.333. The summed E-state index contributed by atoms with van der Waals surface area (Å²) in [4.78, 5) is 25.6. The summed E-state index contributed by atoms with van der Waals surface area (Å²) in [7, 11) is -8.01. The van der Waals surface area contributed by atoms with E-state index in [4.69, 9.17) is 4.42 Å². The van der Waals surface area contributed by atoms with Crippen molar-refractivity contribution in [3.8, 4) is 0 Å². The van der Waals surface area contributed by atoms with E-state index in [0.29, 0.717) is 0 Å². The maximum absolute atomic E-state index is 13.4. The van der Waals surface area contributed by atoms with Crippen molar-refractivity contribution in [3.63, 3.8) is 0 Å². The van der Waals surface area contributed by atoms with Crippen LogP contribution in [0.1, 0.15) is 26.3 Å². The maximum atomic E-state index is 13.4. The first kappa shape index (κ1) is 24.1. The number of amides is 1. The van der Waals surface area contributed by atoms with E-state index in [0.717, 1.165) is 11.8 Å². The topological polar surface area (TPSA) is 162 Å². The van der Waals surface area contributed by atoms with Crippen molar-refractivity contribution < 1.29 is 32.2 Å². The monoisotopic (exact) mass is 508 g/mol. The first-order valence-electron chi connectivity index (χ1n) is 10.3. The van der Waals surface area contributed by atoms with E-state index < -0.39 is 34.9 Å². The molecule has 2 aromatic rings. The predicted molar refractivity (Wildman–Crippen MR) is 128 cm³/mol. The first-order chi connectivity index (χ1) is 15.7. The van der Waals surface area contributed by atoms with Gasteiger partial charge in [-0.05, 0) is 29.7 Å². The number of nitrogens with zero attached hydrogens (tertiary/aromatic N) is 2. The van der Waals surface area contributed by atoms with E-state index in [9.17, 15) is 27.8 Å². The third-order valence-electron chi connectivity index (χ3n) is 5.40. The van der Waals surface area contributed by atoms with Crippen LogP contribution in [-0.2, 0) is 25.9 Å². The predicted octanol–water partition coefficient (Wildman–Crippen LogP) is 2.56. The standard InChI is InChI=1S/C21H25N4O7PS/c1-21(2,3)18-17(26)16(20(27)25(18)10-12-7-8-32-11-12)19-22-14-6-5-13(24-34(4,30)31)9-15(14)33(28,29)23-19/h5-9,11,18,24,26H,10H2,1-4H3,(H2,22,23,28,29). The molecule has 2 aliphatic rings. The van der Waals surface area contributed by atoms with Crippen molar-refractivity contribution in [2.24, 2.45) is 10.2 Å². The smallest absolute Gasteiger partial charge is 0.346 e. The Labute approximate surface area is 196 Å². The summed E-state index contributed by atoms with van der Waals surface area (Å²) in [5.74, 6) is -1.04. The molecule has 2 unspecified atom stereocenters. The van der Waals surface area contributed by atoms with E-state index in [2.05, 4.69) is 14.8 Å². The molecule has 4 rings (SSSR count). The van der Waals surface area contributed by atoms with E-state index in [1.165, 1.54) is 35.6 Å². The Bertz CT molecular complexity index is 1370. The number of hydrogen-bond acceptors (Lipinski definition) is 7. The van der Waals surface area contributed by atoms with Crippen LogP contribution in [0.15, 0.2) is 57.3 Å². The highest BCUT2D eigenvalue weighted by molar-refractivity contribution is 7.92. The minimum Gasteiger partial charge on any atom is -0.509 e. The zero-order chi connectivity index (χ0) is 25.1. The quantitative estimate of drug-likeness (QED) is 0.448. The fourth-order valence-corrected chi connectivity index (χ4v) is 5.94. The molecule has 1 aromatic carbocycles. The molecular weight excluding hydrogens is 483 g/mol. The largest absolute Gasteiger partial charge is 0.509 e. The van der Waals surface area contributed by atoms with Crippen LogP contribution in [0.4, 0.5) is 11.4 Å². The molecule has 0 saturated heterocycles. The normalized spacial score (nSPS) is 23.0. The Morgan fingerprint density at radius 2 is 2.00 bits per heavy atom. The van der Waals surface area contributed by atoms with Crippen LogP contribution in [-0.4, -0.2) is 47.4 Å². The van der Waals surface area contributed by atoms with Crippen molar-refractivity contribution in [2.75, 3.05) is 16.3 Å². The van der Waals surface area contributed by atoms with Crippen LogP contribution in [0.25, 0.3) is 0 Å². The van der Waals surface area contributed by atoms with Gasteiger partial charge in [-0.1, -0.05) is 20.8 Å². The molecule has 0 aliphatic carbocycles. The molecule has 13 heteroatoms. The number of aliphatic hydroxyl groups is 1. The molecule has 0 saturated carbocycles. The summed E-state index contributed by atoms with van der Waals surface area (Å²) in [6, 6.07) is 5.01. The zero-order valence-corrected chi connectivity index (χ0v) is 20.6. The van der Waals surface area contributed by atoms with Crippen LogP contribution >= 0.6 is 7.52 Å². The number of furan rings is 1. The number of benzene rings is 1. The van der Waals surface area contributed by atoms with Gasteiger partial charge in [-0.15, -0.1) is 0 Å². The van der Waals surface area contributed by atoms with E-state index in [-0.39, 0.29) is 40.4 Å². The molecule has 34 heavy (non-hydrogen) atoms. The molecule has 182 valence electrons. The van der Waals surface area contributed by atoms with Crippen molar-refractivity contribution in [1.29, 1.82) is 0 Å². The molecule has 0 spiro atoms. The van der Waals surface area contributed by atoms with Gasteiger partial charge in [0.1, 0.15) is 11.3 Å². The number of carbonyl (C=O) groups excluding carboxylic acids is 1. The van der Waals surface area contributed by atoms with Crippen LogP contribution in [0.3, 0.4) is 0 Å². The second-order valence-corrected chi connectivity index (χ2v) is 12.8. The Balaban J connectivity index is 1.75. The van der Waals surface area contributed by atoms with Crippen LogP contribution in [0.2, 0.25) is 0 Å². The maximum Gasteiger partial charge on any atom is 0.346 e. The molecule has 4 N–H and O–H groups in total. The highest BCUT2D eigenvalue weighted by atomic mass is 32.2. The molecule has 1 amide bonds. The minimum atomic E-state index is -4.41. The second-order valence-electron chi connectivity index (χ2n) is 9.32. The van der Waals surface area contributed by atoms with E-state index in [1.807, 2.05) is 20.8 Å². The summed E-state index contributed by atoms with van der Waals surface area (Å²) >= 11 is 0. The average Bonchev–Trinajstić information content (AvgIpc) is 3.27. The average molecular weight is 508 g/mol. The summed E-state index contributed by atoms with van der Waals surface area (Å²) < 4.78 is 47.3. The molecular formula is C21H25N4O7PS. The Kier molecular flexibility index (Phi) is 5.66. The van der Waals surface area contributed by atoms with Crippen molar-refractivity contribution >= 4 is 46.0 Å². The highest BCUT2D eigenvalue weighted by Gasteiger charge is 2.48. The number of amidine groups is 1. The lowest BCUT2D eigenvalue weighted by Gasteiger charge is -2.35. The van der Waals surface area contributed by atoms with Crippen molar-refractivity contribution in [2.45, 2.75) is 33.4 Å². The lowest BCUT2D eigenvalue weighted by Crippen LogP contribution is -2.43. The van der Waals surface area contributed by atoms with Gasteiger partial charge in [0, 0.05) is 17.8 Å². The number of hydrogen-bond donors (Lipinski definition) is 4. The summed E-state index contributed by atoms with van der Waals surface area (Å²) in [5, 5.41) is 13.8. The first-order valence-corrected chi connectivity index (χ1v) is 13.8. The molecule has 2 aliphatic heterocycles. The van der Waals surface area contributed by atoms with Gasteiger partial charge in [0.15, 0.2) is 5.84 Å². The summed E-state index contributed by atoms with van der Waals surface area (Å²) in [6.45, 7) is 5.76. The number of nitrogens with one attached hydrogen (secondary N) is 2. The molecule has 0 radical (unpaired) electrons. The van der Waals surface area contributed by atoms with Gasteiger partial charge in [0.25, 0.3) is 5.91 Å². The summed E-state index contributed by atoms with van der Waals surface area (Å²) in [5.41, 5.74) is 0.228. The van der Waals surface area contributed by atoms with Crippen LogP contribution in [0.5, 0.6) is 0 Å². The van der Waals surface area contributed by atoms with E-state index in [1.54, 1.807) is 6.07 Å². The number of anilines is 2. The van der Waals surface area contributed by atoms with Gasteiger partial charge in [0.2, 0.25) is 10.0 Å². The van der Waals surface area contributed by atoms with Crippen LogP contribution in [0, 0.1) is 5.41 Å².